The number of carbonyl (C=O) groups excluding carboxylic acids is 4. The average molecular weight is 721 g/mol. The molecule has 9 N–H and O–H groups in total. The lowest BCUT2D eigenvalue weighted by atomic mass is 9.98. The van der Waals surface area contributed by atoms with Crippen LogP contribution in [-0.2, 0) is 36.1 Å². The molecule has 1 aliphatic rings. The minimum atomic E-state index is -5.14. The van der Waals surface area contributed by atoms with Crippen LogP contribution in [0.3, 0.4) is 0 Å². The maximum Gasteiger partial charge on any atom is 0.362 e. The molecule has 1 saturated heterocycles. The highest BCUT2D eigenvalue weighted by Crippen LogP contribution is 2.24. The Balaban J connectivity index is 1.44. The fourth-order valence-electron chi connectivity index (χ4n) is 4.13. The SMILES string of the molecule is CC(C)(ON=C(C(=O)NC1C(=O)N(S(=O)(=O)O)C1CNC(=O)c1ccc(C(=O)NCc2cc(=O)c(O)c[nH]2)cc1)c1csc(N)n1)C(=O)O. The van der Waals surface area contributed by atoms with Crippen LogP contribution in [0.2, 0.25) is 0 Å². The lowest BCUT2D eigenvalue weighted by molar-refractivity contribution is -0.161. The number of amides is 4. The number of aromatic nitrogens is 2. The van der Waals surface area contributed by atoms with E-state index in [4.69, 9.17) is 10.6 Å². The van der Waals surface area contributed by atoms with Crippen LogP contribution in [0.1, 0.15) is 46.0 Å². The number of nitrogens with two attached hydrogens (primary N) is 1. The number of carboxylic acid groups (broad SMARTS) is 1. The summed E-state index contributed by atoms with van der Waals surface area (Å²) < 4.78 is 33.5. The van der Waals surface area contributed by atoms with Crippen LogP contribution in [0.15, 0.2) is 51.9 Å². The molecule has 4 rings (SSSR count). The number of oxime groups is 1. The highest BCUT2D eigenvalue weighted by molar-refractivity contribution is 7.84. The van der Waals surface area contributed by atoms with E-state index in [1.807, 2.05) is 0 Å². The predicted molar refractivity (Wildman–Crippen MR) is 169 cm³/mol. The minimum absolute atomic E-state index is 0.00571. The van der Waals surface area contributed by atoms with Crippen molar-refractivity contribution < 1.29 is 52.0 Å². The zero-order valence-corrected chi connectivity index (χ0v) is 27.0. The largest absolute Gasteiger partial charge is 0.503 e. The molecule has 0 spiro atoms. The molecule has 1 aliphatic heterocycles. The third-order valence-corrected chi connectivity index (χ3v) is 8.46. The molecule has 2 unspecified atom stereocenters. The summed E-state index contributed by atoms with van der Waals surface area (Å²) in [6, 6.07) is 3.13. The molecule has 0 aliphatic carbocycles. The van der Waals surface area contributed by atoms with Crippen LogP contribution < -0.4 is 27.1 Å². The molecule has 0 saturated carbocycles. The number of aliphatic carboxylic acids is 1. The molecule has 0 bridgehead atoms. The molecule has 3 heterocycles. The molecule has 20 nitrogen and oxygen atoms in total. The van der Waals surface area contributed by atoms with Gasteiger partial charge in [-0.1, -0.05) is 5.16 Å². The molecule has 1 aromatic carbocycles. The number of carboxylic acids is 1. The molecule has 3 aromatic rings. The maximum atomic E-state index is 13.2. The van der Waals surface area contributed by atoms with Crippen molar-refractivity contribution in [1.29, 1.82) is 0 Å². The van der Waals surface area contributed by atoms with E-state index in [-0.39, 0.29) is 32.8 Å². The molecule has 22 heteroatoms. The highest BCUT2D eigenvalue weighted by Gasteiger charge is 2.54. The average Bonchev–Trinajstić information content (AvgIpc) is 3.46. The van der Waals surface area contributed by atoms with Crippen molar-refractivity contribution in [3.05, 3.63) is 74.6 Å². The molecule has 49 heavy (non-hydrogen) atoms. The zero-order valence-electron chi connectivity index (χ0n) is 25.4. The standard InChI is InChI=1S/C27H28N8O12S2/c1-27(2,25(42)43)47-34-19(15-11-48-26(28)32-15)23(40)33-20-16(35(24(20)41)49(44,45)46)9-31-22(39)13-5-3-12(4-6-13)21(38)30-8-14-7-17(36)18(37)10-29-14/h3-7,10-11,16,20,37H,8-9H2,1-2H3,(H2,28,32)(H,29,36)(H,30,38)(H,31,39)(H,33,40)(H,42,43)(H,44,45,46). The summed E-state index contributed by atoms with van der Waals surface area (Å²) in [5, 5.41) is 30.7. The predicted octanol–water partition coefficient (Wildman–Crippen LogP) is -1.44. The molecule has 260 valence electrons. The Labute approximate surface area is 279 Å². The van der Waals surface area contributed by atoms with Gasteiger partial charge in [0.1, 0.15) is 11.7 Å². The van der Waals surface area contributed by atoms with Crippen LogP contribution in [0.4, 0.5) is 5.13 Å². The monoisotopic (exact) mass is 720 g/mol. The first kappa shape index (κ1) is 36.0. The van der Waals surface area contributed by atoms with Gasteiger partial charge in [-0.25, -0.2) is 14.1 Å². The second kappa shape index (κ2) is 14.1. The Hall–Kier alpha value is -5.87. The van der Waals surface area contributed by atoms with Crippen molar-refractivity contribution >= 4 is 62.1 Å². The molecule has 1 fully saturated rings. The summed E-state index contributed by atoms with van der Waals surface area (Å²) in [4.78, 5) is 85.8. The van der Waals surface area contributed by atoms with Crippen LogP contribution in [0, 0.1) is 0 Å². The second-order valence-corrected chi connectivity index (χ2v) is 12.9. The number of rotatable bonds is 13. The van der Waals surface area contributed by atoms with Gasteiger partial charge in [0, 0.05) is 41.0 Å². The molecule has 0 radical (unpaired) electrons. The van der Waals surface area contributed by atoms with Crippen molar-refractivity contribution in [3.63, 3.8) is 0 Å². The van der Waals surface area contributed by atoms with E-state index in [9.17, 15) is 52.0 Å². The number of aromatic hydroxyl groups is 1. The lowest BCUT2D eigenvalue weighted by Gasteiger charge is -2.44. The second-order valence-electron chi connectivity index (χ2n) is 10.7. The van der Waals surface area contributed by atoms with Gasteiger partial charge in [0.2, 0.25) is 11.0 Å². The van der Waals surface area contributed by atoms with E-state index in [2.05, 4.69) is 31.1 Å². The fraction of sp³-hybridized carbons (Fsp3) is 0.259. The minimum Gasteiger partial charge on any atom is -0.503 e. The van der Waals surface area contributed by atoms with Gasteiger partial charge in [-0.2, -0.15) is 8.42 Å². The van der Waals surface area contributed by atoms with Crippen LogP contribution >= 0.6 is 11.3 Å². The van der Waals surface area contributed by atoms with Crippen LogP contribution in [0.5, 0.6) is 5.75 Å². The molecule has 4 amide bonds. The molecule has 2 atom stereocenters. The molecular weight excluding hydrogens is 692 g/mol. The number of anilines is 1. The van der Waals surface area contributed by atoms with Crippen molar-refractivity contribution in [3.8, 4) is 5.75 Å². The van der Waals surface area contributed by atoms with Gasteiger partial charge < -0.3 is 41.7 Å². The van der Waals surface area contributed by atoms with Gasteiger partial charge in [-0.15, -0.1) is 11.3 Å². The van der Waals surface area contributed by atoms with E-state index < -0.39 is 81.0 Å². The van der Waals surface area contributed by atoms with Crippen molar-refractivity contribution in [2.24, 2.45) is 5.16 Å². The number of nitrogens with zero attached hydrogens (tertiary/aromatic N) is 3. The number of carbonyl (C=O) groups is 5. The molecular formula is C27H28N8O12S2. The Morgan fingerprint density at radius 1 is 1.12 bits per heavy atom. The van der Waals surface area contributed by atoms with Gasteiger partial charge in [0.05, 0.1) is 12.6 Å². The van der Waals surface area contributed by atoms with Crippen molar-refractivity contribution in [2.75, 3.05) is 12.3 Å². The number of H-pyrrole nitrogens is 1. The van der Waals surface area contributed by atoms with Gasteiger partial charge in [0.15, 0.2) is 16.6 Å². The maximum absolute atomic E-state index is 13.2. The van der Waals surface area contributed by atoms with Crippen LogP contribution in [0.25, 0.3) is 0 Å². The topological polar surface area (TPSA) is 313 Å². The first-order valence-corrected chi connectivity index (χ1v) is 16.1. The van der Waals surface area contributed by atoms with Gasteiger partial charge in [0.25, 0.3) is 23.6 Å². The number of β-lactam (4-membered cyclic amide) rings is 1. The number of hydrogen-bond donors (Lipinski definition) is 8. The number of thiazole rings is 1. The summed E-state index contributed by atoms with van der Waals surface area (Å²) in [5.74, 6) is -5.66. The summed E-state index contributed by atoms with van der Waals surface area (Å²) in [7, 11) is -5.14. The quantitative estimate of drug-likeness (QED) is 0.0434. The number of pyridine rings is 1. The number of aromatic amines is 1. The lowest BCUT2D eigenvalue weighted by Crippen LogP contribution is -2.74. The van der Waals surface area contributed by atoms with E-state index >= 15 is 0 Å². The Bertz CT molecular complexity index is 2010. The fourth-order valence-corrected chi connectivity index (χ4v) is 5.56. The summed E-state index contributed by atoms with van der Waals surface area (Å²) in [5.41, 5.74) is 2.81. The Kier molecular flexibility index (Phi) is 10.3. The van der Waals surface area contributed by atoms with Crippen LogP contribution in [-0.4, -0.2) is 97.0 Å². The van der Waals surface area contributed by atoms with Gasteiger partial charge in [-0.05, 0) is 38.1 Å². The zero-order chi connectivity index (χ0) is 36.3. The first-order chi connectivity index (χ1) is 22.9. The summed E-state index contributed by atoms with van der Waals surface area (Å²) in [6.45, 7) is 1.63. The Morgan fingerprint density at radius 3 is 2.27 bits per heavy atom. The number of nitrogens with one attached hydrogen (secondary N) is 4. The number of hydrogen-bond acceptors (Lipinski definition) is 14. The molecule has 2 aromatic heterocycles. The summed E-state index contributed by atoms with van der Waals surface area (Å²) in [6.07, 6.45) is 1.08. The normalized spacial score (nSPS) is 16.3. The number of benzene rings is 1. The highest BCUT2D eigenvalue weighted by atomic mass is 32.2. The van der Waals surface area contributed by atoms with Crippen molar-refractivity contribution in [2.45, 2.75) is 38.1 Å². The van der Waals surface area contributed by atoms with Gasteiger partial charge in [-0.3, -0.25) is 28.5 Å². The Morgan fingerprint density at radius 2 is 1.73 bits per heavy atom. The van der Waals surface area contributed by atoms with E-state index in [0.717, 1.165) is 37.4 Å². The van der Waals surface area contributed by atoms with E-state index in [0.29, 0.717) is 5.69 Å². The first-order valence-electron chi connectivity index (χ1n) is 13.8. The summed E-state index contributed by atoms with van der Waals surface area (Å²) >= 11 is 0.905. The van der Waals surface area contributed by atoms with E-state index in [1.54, 1.807) is 0 Å². The third kappa shape index (κ3) is 8.35. The smallest absolute Gasteiger partial charge is 0.362 e. The van der Waals surface area contributed by atoms with E-state index in [1.165, 1.54) is 29.6 Å². The van der Waals surface area contributed by atoms with Gasteiger partial charge >= 0.3 is 16.3 Å². The number of nitrogen functional groups attached to an aromatic ring is 1. The third-order valence-electron chi connectivity index (χ3n) is 6.84. The van der Waals surface area contributed by atoms with Crippen molar-refractivity contribution in [1.82, 2.24) is 30.2 Å².